The van der Waals surface area contributed by atoms with E-state index in [-0.39, 0.29) is 6.04 Å². The molecule has 70 valence electrons. The highest BCUT2D eigenvalue weighted by atomic mass is 32.2. The lowest BCUT2D eigenvalue weighted by Gasteiger charge is -2.19. The number of hydrogen-bond acceptors (Lipinski definition) is 3. The second-order valence-electron chi connectivity index (χ2n) is 3.78. The molecule has 2 N–H and O–H groups in total. The van der Waals surface area contributed by atoms with Gasteiger partial charge in [-0.25, -0.2) is 13.1 Å². The Bertz CT molecular complexity index is 275. The molecule has 0 aromatic heterocycles. The van der Waals surface area contributed by atoms with Crippen molar-refractivity contribution in [2.45, 2.75) is 37.4 Å². The highest BCUT2D eigenvalue weighted by Crippen LogP contribution is 2.28. The first-order valence-corrected chi connectivity index (χ1v) is 6.17. The molecule has 0 aromatic rings. The molecule has 4 nitrogen and oxygen atoms in total. The van der Waals surface area contributed by atoms with Crippen LogP contribution in [0.25, 0.3) is 0 Å². The maximum atomic E-state index is 10.9. The van der Waals surface area contributed by atoms with Crippen LogP contribution in [0.5, 0.6) is 0 Å². The normalized spacial score (nSPS) is 40.6. The van der Waals surface area contributed by atoms with Crippen molar-refractivity contribution in [2.75, 3.05) is 6.26 Å². The zero-order valence-electron chi connectivity index (χ0n) is 7.08. The third-order valence-electron chi connectivity index (χ3n) is 2.67. The van der Waals surface area contributed by atoms with Crippen LogP contribution in [0.3, 0.4) is 0 Å². The molecule has 2 heterocycles. The van der Waals surface area contributed by atoms with Gasteiger partial charge in [-0.2, -0.15) is 0 Å². The van der Waals surface area contributed by atoms with Gasteiger partial charge in [-0.05, 0) is 19.3 Å². The molecule has 2 bridgehead atoms. The maximum Gasteiger partial charge on any atom is 0.209 e. The minimum Gasteiger partial charge on any atom is -0.310 e. The molecule has 0 spiro atoms. The van der Waals surface area contributed by atoms with E-state index in [1.165, 1.54) is 12.7 Å². The smallest absolute Gasteiger partial charge is 0.209 e. The van der Waals surface area contributed by atoms with E-state index in [1.807, 2.05) is 0 Å². The average Bonchev–Trinajstić information content (AvgIpc) is 2.42. The van der Waals surface area contributed by atoms with Gasteiger partial charge in [0.05, 0.1) is 6.26 Å². The van der Waals surface area contributed by atoms with Crippen LogP contribution >= 0.6 is 0 Å². The summed E-state index contributed by atoms with van der Waals surface area (Å²) in [6.45, 7) is 0. The van der Waals surface area contributed by atoms with Crippen LogP contribution in [0.2, 0.25) is 0 Å². The maximum absolute atomic E-state index is 10.9. The van der Waals surface area contributed by atoms with E-state index < -0.39 is 10.0 Å². The Morgan fingerprint density at radius 3 is 2.58 bits per heavy atom. The first-order valence-electron chi connectivity index (χ1n) is 4.28. The Hall–Kier alpha value is -0.130. The van der Waals surface area contributed by atoms with E-state index in [0.29, 0.717) is 12.1 Å². The standard InChI is InChI=1S/C7H14N2O2S/c1-12(10,11)9-7-4-5-2-3-6(7)8-5/h5-9H,2-4H2,1H3. The van der Waals surface area contributed by atoms with Crippen LogP contribution in [0.15, 0.2) is 0 Å². The molecular weight excluding hydrogens is 176 g/mol. The van der Waals surface area contributed by atoms with Crippen molar-refractivity contribution in [1.82, 2.24) is 10.0 Å². The van der Waals surface area contributed by atoms with E-state index in [1.54, 1.807) is 0 Å². The van der Waals surface area contributed by atoms with Crippen molar-refractivity contribution < 1.29 is 8.42 Å². The van der Waals surface area contributed by atoms with Crippen molar-refractivity contribution in [3.8, 4) is 0 Å². The third-order valence-corrected chi connectivity index (χ3v) is 3.40. The zero-order valence-corrected chi connectivity index (χ0v) is 7.89. The number of fused-ring (bicyclic) bond motifs is 2. The Kier molecular flexibility index (Phi) is 1.89. The van der Waals surface area contributed by atoms with Gasteiger partial charge in [-0.3, -0.25) is 0 Å². The van der Waals surface area contributed by atoms with Crippen LogP contribution in [0, 0.1) is 0 Å². The Balaban J connectivity index is 2.00. The molecule has 12 heavy (non-hydrogen) atoms. The Morgan fingerprint density at radius 2 is 2.17 bits per heavy atom. The van der Waals surface area contributed by atoms with Crippen LogP contribution in [0.1, 0.15) is 19.3 Å². The molecule has 2 aliphatic heterocycles. The molecule has 3 unspecified atom stereocenters. The quantitative estimate of drug-likeness (QED) is 0.613. The van der Waals surface area contributed by atoms with E-state index in [2.05, 4.69) is 10.0 Å². The van der Waals surface area contributed by atoms with Gasteiger partial charge in [-0.15, -0.1) is 0 Å². The number of nitrogens with one attached hydrogen (secondary N) is 2. The fourth-order valence-corrected chi connectivity index (χ4v) is 3.04. The second kappa shape index (κ2) is 2.68. The lowest BCUT2D eigenvalue weighted by atomic mass is 9.96. The fraction of sp³-hybridized carbons (Fsp3) is 1.00. The Labute approximate surface area is 72.8 Å². The molecule has 2 aliphatic rings. The molecule has 0 radical (unpaired) electrons. The van der Waals surface area contributed by atoms with Gasteiger partial charge in [0, 0.05) is 18.1 Å². The molecule has 0 aliphatic carbocycles. The van der Waals surface area contributed by atoms with E-state index in [0.717, 1.165) is 12.8 Å². The molecule has 5 heteroatoms. The predicted octanol–water partition coefficient (Wildman–Crippen LogP) is -0.571. The van der Waals surface area contributed by atoms with Gasteiger partial charge < -0.3 is 5.32 Å². The summed E-state index contributed by atoms with van der Waals surface area (Å²) in [5.41, 5.74) is 0. The predicted molar refractivity (Wildman–Crippen MR) is 46.3 cm³/mol. The summed E-state index contributed by atoms with van der Waals surface area (Å²) in [7, 11) is -3.02. The second-order valence-corrected chi connectivity index (χ2v) is 5.56. The lowest BCUT2D eigenvalue weighted by Crippen LogP contribution is -2.42. The van der Waals surface area contributed by atoms with Gasteiger partial charge in [0.15, 0.2) is 0 Å². The van der Waals surface area contributed by atoms with Gasteiger partial charge in [-0.1, -0.05) is 0 Å². The average molecular weight is 190 g/mol. The van der Waals surface area contributed by atoms with Crippen molar-refractivity contribution in [3.05, 3.63) is 0 Å². The monoisotopic (exact) mass is 190 g/mol. The van der Waals surface area contributed by atoms with E-state index in [9.17, 15) is 8.42 Å². The molecule has 2 saturated heterocycles. The zero-order chi connectivity index (χ0) is 8.77. The minimum absolute atomic E-state index is 0.138. The van der Waals surface area contributed by atoms with Crippen LogP contribution < -0.4 is 10.0 Å². The summed E-state index contributed by atoms with van der Waals surface area (Å²) in [5, 5.41) is 3.37. The molecule has 2 fully saturated rings. The van der Waals surface area contributed by atoms with Gasteiger partial charge in [0.1, 0.15) is 0 Å². The lowest BCUT2D eigenvalue weighted by molar-refractivity contribution is 0.462. The summed E-state index contributed by atoms with van der Waals surface area (Å²) in [6.07, 6.45) is 4.49. The van der Waals surface area contributed by atoms with E-state index >= 15 is 0 Å². The molecule has 0 amide bonds. The molecule has 0 saturated carbocycles. The van der Waals surface area contributed by atoms with Crippen LogP contribution in [-0.2, 0) is 10.0 Å². The van der Waals surface area contributed by atoms with E-state index in [4.69, 9.17) is 0 Å². The summed E-state index contributed by atoms with van der Waals surface area (Å²) < 4.78 is 24.5. The topological polar surface area (TPSA) is 58.2 Å². The highest BCUT2D eigenvalue weighted by Gasteiger charge is 2.39. The minimum atomic E-state index is -3.02. The molecule has 2 rings (SSSR count). The summed E-state index contributed by atoms with van der Waals surface area (Å²) in [5.74, 6) is 0. The summed E-state index contributed by atoms with van der Waals surface area (Å²) >= 11 is 0. The van der Waals surface area contributed by atoms with Crippen molar-refractivity contribution >= 4 is 10.0 Å². The van der Waals surface area contributed by atoms with Crippen molar-refractivity contribution in [3.63, 3.8) is 0 Å². The third kappa shape index (κ3) is 1.62. The largest absolute Gasteiger partial charge is 0.310 e. The Morgan fingerprint density at radius 1 is 1.42 bits per heavy atom. The summed E-state index contributed by atoms with van der Waals surface area (Å²) in [4.78, 5) is 0. The SMILES string of the molecule is CS(=O)(=O)NC1CC2CCC1N2. The van der Waals surface area contributed by atoms with Gasteiger partial charge in [0.2, 0.25) is 10.0 Å². The number of hydrogen-bond donors (Lipinski definition) is 2. The summed E-state index contributed by atoms with van der Waals surface area (Å²) in [6, 6.07) is 1.07. The van der Waals surface area contributed by atoms with Crippen LogP contribution in [-0.4, -0.2) is 32.8 Å². The first-order chi connectivity index (χ1) is 5.54. The molecular formula is C7H14N2O2S. The number of sulfonamides is 1. The van der Waals surface area contributed by atoms with Crippen LogP contribution in [0.4, 0.5) is 0 Å². The highest BCUT2D eigenvalue weighted by molar-refractivity contribution is 7.88. The fourth-order valence-electron chi connectivity index (χ4n) is 2.23. The van der Waals surface area contributed by atoms with Gasteiger partial charge in [0.25, 0.3) is 0 Å². The number of rotatable bonds is 2. The molecule has 0 aromatic carbocycles. The van der Waals surface area contributed by atoms with Crippen molar-refractivity contribution in [2.24, 2.45) is 0 Å². The van der Waals surface area contributed by atoms with Crippen molar-refractivity contribution in [1.29, 1.82) is 0 Å². The first kappa shape index (κ1) is 8.47. The van der Waals surface area contributed by atoms with Gasteiger partial charge >= 0.3 is 0 Å². The molecule has 3 atom stereocenters.